The van der Waals surface area contributed by atoms with Crippen molar-refractivity contribution in [1.82, 2.24) is 4.57 Å². The van der Waals surface area contributed by atoms with Crippen molar-refractivity contribution in [3.05, 3.63) is 18.7 Å². The van der Waals surface area contributed by atoms with Gasteiger partial charge in [-0.25, -0.2) is 13.9 Å². The summed E-state index contributed by atoms with van der Waals surface area (Å²) in [5, 5.41) is 0. The maximum Gasteiger partial charge on any atom is 0.673 e. The molecule has 128 valence electrons. The van der Waals surface area contributed by atoms with Crippen molar-refractivity contribution in [2.75, 3.05) is 33.5 Å². The van der Waals surface area contributed by atoms with Crippen LogP contribution in [0.3, 0.4) is 0 Å². The zero-order chi connectivity index (χ0) is 17.0. The number of rotatable bonds is 8. The summed E-state index contributed by atoms with van der Waals surface area (Å²) in [7, 11) is -2.49. The van der Waals surface area contributed by atoms with E-state index >= 15 is 0 Å². The second-order valence-electron chi connectivity index (χ2n) is 4.07. The molecule has 6 nitrogen and oxygen atoms in total. The fourth-order valence-corrected chi connectivity index (χ4v) is 1.25. The number of nitrogens with zero attached hydrogens (tertiary/aromatic N) is 2. The van der Waals surface area contributed by atoms with Crippen molar-refractivity contribution in [2.45, 2.75) is 6.54 Å². The van der Waals surface area contributed by atoms with Gasteiger partial charge in [-0.1, -0.05) is 0 Å². The molecule has 0 amide bonds. The third-order valence-corrected chi connectivity index (χ3v) is 2.06. The predicted molar refractivity (Wildman–Crippen MR) is 69.4 cm³/mol. The monoisotopic (exact) mass is 330 g/mol. The van der Waals surface area contributed by atoms with Gasteiger partial charge < -0.3 is 31.5 Å². The molecule has 0 N–H and O–H groups in total. The number of esters is 1. The average molecular weight is 330 g/mol. The molecule has 0 saturated heterocycles. The Balaban J connectivity index is 0.000000763. The van der Waals surface area contributed by atoms with Gasteiger partial charge in [-0.3, -0.25) is 0 Å². The molecule has 0 saturated carbocycles. The van der Waals surface area contributed by atoms with Gasteiger partial charge in [-0.15, -0.1) is 0 Å². The first-order valence-electron chi connectivity index (χ1n) is 6.33. The molecule has 0 spiro atoms. The Morgan fingerprint density at radius 2 is 1.77 bits per heavy atom. The molecule has 0 aliphatic rings. The van der Waals surface area contributed by atoms with Gasteiger partial charge in [0.15, 0.2) is 6.54 Å². The van der Waals surface area contributed by atoms with Crippen LogP contribution < -0.4 is 4.57 Å². The number of methoxy groups -OCH3 is 1. The molecule has 0 aromatic carbocycles. The van der Waals surface area contributed by atoms with Crippen LogP contribution in [-0.4, -0.2) is 51.3 Å². The van der Waals surface area contributed by atoms with E-state index in [1.807, 2.05) is 30.3 Å². The second kappa shape index (κ2) is 11.0. The first-order chi connectivity index (χ1) is 10.2. The quantitative estimate of drug-likeness (QED) is 0.233. The van der Waals surface area contributed by atoms with Gasteiger partial charge in [0, 0.05) is 7.11 Å². The number of aromatic nitrogens is 2. The minimum atomic E-state index is -6.00. The van der Waals surface area contributed by atoms with Crippen LogP contribution in [0.5, 0.6) is 0 Å². The minimum absolute atomic E-state index is 0.221. The molecule has 0 bridgehead atoms. The zero-order valence-corrected chi connectivity index (χ0v) is 12.4. The SMILES string of the molecule is COCCOCCOC(=O)Cn1cc[n+](C)c1.F[B-](F)(F)F. The number of imidazole rings is 1. The van der Waals surface area contributed by atoms with Crippen molar-refractivity contribution in [1.29, 1.82) is 0 Å². The van der Waals surface area contributed by atoms with Crippen LogP contribution in [0, 0.1) is 0 Å². The summed E-state index contributed by atoms with van der Waals surface area (Å²) in [6, 6.07) is 0. The van der Waals surface area contributed by atoms with E-state index in [2.05, 4.69) is 0 Å². The highest BCUT2D eigenvalue weighted by atomic mass is 19.5. The van der Waals surface area contributed by atoms with E-state index in [0.717, 1.165) is 0 Å². The van der Waals surface area contributed by atoms with E-state index in [1.54, 1.807) is 11.7 Å². The fraction of sp³-hybridized carbons (Fsp3) is 0.636. The van der Waals surface area contributed by atoms with E-state index in [-0.39, 0.29) is 19.1 Å². The van der Waals surface area contributed by atoms with Crippen LogP contribution in [0.15, 0.2) is 18.7 Å². The van der Waals surface area contributed by atoms with Crippen molar-refractivity contribution >= 4 is 13.2 Å². The molecule has 0 unspecified atom stereocenters. The number of carbonyl (C=O) groups excluding carboxylic acids is 1. The molecule has 1 aromatic rings. The van der Waals surface area contributed by atoms with Gasteiger partial charge in [0.2, 0.25) is 6.33 Å². The molecule has 0 aliphatic heterocycles. The lowest BCUT2D eigenvalue weighted by Crippen LogP contribution is -2.24. The molecule has 11 heteroatoms. The van der Waals surface area contributed by atoms with Crippen LogP contribution in [0.1, 0.15) is 0 Å². The normalized spacial score (nSPS) is 10.8. The van der Waals surface area contributed by atoms with Crippen LogP contribution in [-0.2, 0) is 32.6 Å². The van der Waals surface area contributed by atoms with E-state index in [4.69, 9.17) is 14.2 Å². The summed E-state index contributed by atoms with van der Waals surface area (Å²) in [5.74, 6) is -0.267. The number of aryl methyl sites for hydroxylation is 1. The van der Waals surface area contributed by atoms with Gasteiger partial charge in [-0.2, -0.15) is 0 Å². The third-order valence-electron chi connectivity index (χ3n) is 2.06. The van der Waals surface area contributed by atoms with Gasteiger partial charge >= 0.3 is 13.2 Å². The van der Waals surface area contributed by atoms with Crippen molar-refractivity contribution in [2.24, 2.45) is 7.05 Å². The minimum Gasteiger partial charge on any atom is -0.460 e. The van der Waals surface area contributed by atoms with Gasteiger partial charge in [0.25, 0.3) is 0 Å². The molecule has 1 aromatic heterocycles. The Morgan fingerprint density at radius 1 is 1.18 bits per heavy atom. The predicted octanol–water partition coefficient (Wildman–Crippen LogP) is 0.819. The highest BCUT2D eigenvalue weighted by Crippen LogP contribution is 2.06. The molecule has 0 atom stereocenters. The molecule has 0 fully saturated rings. The lowest BCUT2D eigenvalue weighted by Gasteiger charge is -2.04. The standard InChI is InChI=1S/C11H19N2O4.BF4/c1-12-3-4-13(10-12)9-11(14)17-8-7-16-6-5-15-2;2-1(3,4)5/h3-4,10H,5-9H2,1-2H3;/q+1;-1. The highest BCUT2D eigenvalue weighted by Gasteiger charge is 2.20. The summed E-state index contributed by atoms with van der Waals surface area (Å²) in [6.45, 7) is 1.96. The topological polar surface area (TPSA) is 53.6 Å². The number of hydrogen-bond acceptors (Lipinski definition) is 4. The Morgan fingerprint density at radius 3 is 2.27 bits per heavy atom. The summed E-state index contributed by atoms with van der Waals surface area (Å²) >= 11 is 0. The van der Waals surface area contributed by atoms with Gasteiger partial charge in [-0.05, 0) is 0 Å². The number of ether oxygens (including phenoxy) is 3. The van der Waals surface area contributed by atoms with Crippen LogP contribution >= 0.6 is 0 Å². The molecule has 22 heavy (non-hydrogen) atoms. The van der Waals surface area contributed by atoms with Crippen molar-refractivity contribution in [3.63, 3.8) is 0 Å². The van der Waals surface area contributed by atoms with Crippen LogP contribution in [0.4, 0.5) is 17.3 Å². The number of carbonyl (C=O) groups is 1. The summed E-state index contributed by atoms with van der Waals surface area (Å²) in [5.41, 5.74) is 0. The largest absolute Gasteiger partial charge is 0.673 e. The Hall–Kier alpha value is -1.62. The van der Waals surface area contributed by atoms with E-state index in [1.165, 1.54) is 0 Å². The molecular weight excluding hydrogens is 311 g/mol. The summed E-state index contributed by atoms with van der Waals surface area (Å²) in [4.78, 5) is 11.4. The first kappa shape index (κ1) is 20.4. The molecule has 1 heterocycles. The van der Waals surface area contributed by atoms with E-state index in [0.29, 0.717) is 19.8 Å². The number of halogens is 4. The summed E-state index contributed by atoms with van der Waals surface area (Å²) < 4.78 is 57.6. The van der Waals surface area contributed by atoms with Gasteiger partial charge in [0.05, 0.1) is 26.9 Å². The van der Waals surface area contributed by atoms with Crippen LogP contribution in [0.25, 0.3) is 0 Å². The average Bonchev–Trinajstić information content (AvgIpc) is 2.77. The Bertz CT molecular complexity index is 422. The third kappa shape index (κ3) is 14.8. The summed E-state index contributed by atoms with van der Waals surface area (Å²) in [6.07, 6.45) is 5.49. The molecule has 1 rings (SSSR count). The second-order valence-corrected chi connectivity index (χ2v) is 4.07. The maximum atomic E-state index is 11.4. The highest BCUT2D eigenvalue weighted by molar-refractivity contribution is 6.50. The molecule has 0 aliphatic carbocycles. The van der Waals surface area contributed by atoms with Crippen molar-refractivity contribution in [3.8, 4) is 0 Å². The number of hydrogen-bond donors (Lipinski definition) is 0. The molecular formula is C11H19BF4N2O4. The van der Waals surface area contributed by atoms with Gasteiger partial charge in [0.1, 0.15) is 19.0 Å². The van der Waals surface area contributed by atoms with Crippen LogP contribution in [0.2, 0.25) is 0 Å². The Labute approximate surface area is 125 Å². The zero-order valence-electron chi connectivity index (χ0n) is 12.4. The van der Waals surface area contributed by atoms with E-state index in [9.17, 15) is 22.1 Å². The Kier molecular flexibility index (Phi) is 10.2. The smallest absolute Gasteiger partial charge is 0.460 e. The lowest BCUT2D eigenvalue weighted by atomic mass is 10.3. The van der Waals surface area contributed by atoms with E-state index < -0.39 is 7.25 Å². The maximum absolute atomic E-state index is 11.4. The lowest BCUT2D eigenvalue weighted by molar-refractivity contribution is -0.671. The fourth-order valence-electron chi connectivity index (χ4n) is 1.25. The van der Waals surface area contributed by atoms with Crippen molar-refractivity contribution < 1.29 is 40.8 Å². The molecule has 0 radical (unpaired) electrons. The first-order valence-corrected chi connectivity index (χ1v) is 6.33.